The molecule has 132 valence electrons. The Morgan fingerprint density at radius 2 is 1.84 bits per heavy atom. The van der Waals surface area contributed by atoms with Crippen molar-refractivity contribution in [1.29, 1.82) is 0 Å². The number of carbonyl (C=O) groups is 1. The molecule has 0 aliphatic rings. The van der Waals surface area contributed by atoms with Crippen LogP contribution in [0, 0.1) is 10.7 Å². The van der Waals surface area contributed by atoms with E-state index in [1.807, 2.05) is 25.1 Å². The average Bonchev–Trinajstić information content (AvgIpc) is 2.58. The van der Waals surface area contributed by atoms with Gasteiger partial charge in [0.25, 0.3) is 5.91 Å². The van der Waals surface area contributed by atoms with Gasteiger partial charge in [0.05, 0.1) is 30.6 Å². The van der Waals surface area contributed by atoms with Crippen LogP contribution in [0.3, 0.4) is 0 Å². The highest BCUT2D eigenvalue weighted by atomic mass is 127. The van der Waals surface area contributed by atoms with Crippen LogP contribution < -0.4 is 14.9 Å². The van der Waals surface area contributed by atoms with Crippen molar-refractivity contribution in [2.75, 3.05) is 13.7 Å². The molecule has 0 spiro atoms. The Morgan fingerprint density at radius 1 is 1.16 bits per heavy atom. The first kappa shape index (κ1) is 20.7. The minimum absolute atomic E-state index is 0.290. The molecule has 25 heavy (non-hydrogen) atoms. The van der Waals surface area contributed by atoms with Crippen molar-refractivity contribution in [3.8, 4) is 11.5 Å². The predicted molar refractivity (Wildman–Crippen MR) is 124 cm³/mol. The smallest absolute Gasteiger partial charge is 0.271 e. The summed E-state index contributed by atoms with van der Waals surface area (Å²) in [5.41, 5.74) is 3.91. The first-order chi connectivity index (χ1) is 12.0. The van der Waals surface area contributed by atoms with E-state index < -0.39 is 0 Å². The number of nitrogens with zero attached hydrogens (tertiary/aromatic N) is 1. The van der Waals surface area contributed by atoms with Crippen LogP contribution in [0.25, 0.3) is 0 Å². The van der Waals surface area contributed by atoms with Gasteiger partial charge in [-0.3, -0.25) is 4.79 Å². The minimum atomic E-state index is -0.290. The van der Waals surface area contributed by atoms with E-state index >= 15 is 0 Å². The zero-order valence-corrected chi connectivity index (χ0v) is 19.9. The molecule has 0 heterocycles. The summed E-state index contributed by atoms with van der Waals surface area (Å²) in [5, 5.41) is 4.04. The number of methoxy groups -OCH3 is 1. The van der Waals surface area contributed by atoms with Crippen LogP contribution >= 0.6 is 67.8 Å². The van der Waals surface area contributed by atoms with Crippen molar-refractivity contribution in [2.24, 2.45) is 5.10 Å². The molecule has 0 radical (unpaired) electrons. The van der Waals surface area contributed by atoms with Gasteiger partial charge < -0.3 is 9.47 Å². The van der Waals surface area contributed by atoms with Crippen molar-refractivity contribution in [3.05, 3.63) is 52.2 Å². The molecule has 5 nitrogen and oxygen atoms in total. The van der Waals surface area contributed by atoms with E-state index in [0.717, 1.165) is 22.0 Å². The van der Waals surface area contributed by atoms with E-state index in [-0.39, 0.29) is 5.91 Å². The zero-order valence-electron chi connectivity index (χ0n) is 13.5. The monoisotopic (exact) mass is 676 g/mol. The fourth-order valence-electron chi connectivity index (χ4n) is 1.97. The third-order valence-corrected chi connectivity index (χ3v) is 5.60. The minimum Gasteiger partial charge on any atom is -0.496 e. The van der Waals surface area contributed by atoms with Crippen LogP contribution in [-0.2, 0) is 0 Å². The standard InChI is InChI=1S/C17H15I3N2O3/c1-3-25-16-13(19)6-10(7-14(16)20)9-21-22-17(23)11-4-5-12(18)15(8-11)24-2/h4-9H,3H2,1-2H3,(H,22,23)/b21-9-. The highest BCUT2D eigenvalue weighted by molar-refractivity contribution is 14.1. The number of halogens is 3. The van der Waals surface area contributed by atoms with Gasteiger partial charge >= 0.3 is 0 Å². The number of nitrogens with one attached hydrogen (secondary N) is 1. The van der Waals surface area contributed by atoms with Gasteiger partial charge in [-0.15, -0.1) is 0 Å². The number of hydrazone groups is 1. The molecule has 0 bridgehead atoms. The maximum absolute atomic E-state index is 12.2. The van der Waals surface area contributed by atoms with Crippen molar-refractivity contribution in [2.45, 2.75) is 6.92 Å². The lowest BCUT2D eigenvalue weighted by atomic mass is 10.2. The van der Waals surface area contributed by atoms with Crippen LogP contribution in [0.15, 0.2) is 35.4 Å². The van der Waals surface area contributed by atoms with Gasteiger partial charge in [0, 0.05) is 5.56 Å². The fraction of sp³-hybridized carbons (Fsp3) is 0.176. The summed E-state index contributed by atoms with van der Waals surface area (Å²) in [6.07, 6.45) is 1.61. The summed E-state index contributed by atoms with van der Waals surface area (Å²) in [4.78, 5) is 12.2. The van der Waals surface area contributed by atoms with E-state index in [2.05, 4.69) is 78.3 Å². The van der Waals surface area contributed by atoms with Gasteiger partial charge in [0.1, 0.15) is 11.5 Å². The van der Waals surface area contributed by atoms with Gasteiger partial charge in [-0.25, -0.2) is 5.43 Å². The Kier molecular flexibility index (Phi) is 8.19. The molecule has 1 amide bonds. The first-order valence-electron chi connectivity index (χ1n) is 7.25. The highest BCUT2D eigenvalue weighted by Gasteiger charge is 2.09. The number of carbonyl (C=O) groups excluding carboxylic acids is 1. The predicted octanol–water partition coefficient (Wildman–Crippen LogP) is 4.67. The molecule has 0 saturated carbocycles. The van der Waals surface area contributed by atoms with Gasteiger partial charge in [0.15, 0.2) is 0 Å². The lowest BCUT2D eigenvalue weighted by molar-refractivity contribution is 0.0954. The van der Waals surface area contributed by atoms with E-state index in [1.54, 1.807) is 25.5 Å². The Morgan fingerprint density at radius 3 is 2.44 bits per heavy atom. The van der Waals surface area contributed by atoms with E-state index in [4.69, 9.17) is 9.47 Å². The molecular formula is C17H15I3N2O3. The number of ether oxygens (including phenoxy) is 2. The van der Waals surface area contributed by atoms with Gasteiger partial charge in [-0.1, -0.05) is 0 Å². The summed E-state index contributed by atoms with van der Waals surface area (Å²) < 4.78 is 13.8. The molecule has 0 unspecified atom stereocenters. The molecule has 0 aliphatic heterocycles. The molecule has 0 aromatic heterocycles. The molecule has 0 aliphatic carbocycles. The second kappa shape index (κ2) is 9.90. The molecule has 8 heteroatoms. The average molecular weight is 676 g/mol. The van der Waals surface area contributed by atoms with Crippen LogP contribution in [0.5, 0.6) is 11.5 Å². The normalized spacial score (nSPS) is 10.8. The van der Waals surface area contributed by atoms with E-state index in [9.17, 15) is 4.79 Å². The Labute approximate surface area is 187 Å². The molecule has 2 aromatic carbocycles. The number of benzene rings is 2. The molecular weight excluding hydrogens is 661 g/mol. The molecule has 2 aromatic rings. The Bertz CT molecular complexity index is 787. The maximum Gasteiger partial charge on any atom is 0.271 e. The number of hydrogen-bond acceptors (Lipinski definition) is 4. The SMILES string of the molecule is CCOc1c(I)cc(/C=N\NC(=O)c2ccc(I)c(OC)c2)cc1I. The van der Waals surface area contributed by atoms with Crippen LogP contribution in [0.4, 0.5) is 0 Å². The summed E-state index contributed by atoms with van der Waals surface area (Å²) in [5.74, 6) is 1.24. The summed E-state index contributed by atoms with van der Waals surface area (Å²) in [6, 6.07) is 9.16. The van der Waals surface area contributed by atoms with Crippen LogP contribution in [-0.4, -0.2) is 25.8 Å². The van der Waals surface area contributed by atoms with Crippen molar-refractivity contribution >= 4 is 79.9 Å². The largest absolute Gasteiger partial charge is 0.496 e. The summed E-state index contributed by atoms with van der Waals surface area (Å²) in [7, 11) is 1.58. The van der Waals surface area contributed by atoms with Crippen LogP contribution in [0.2, 0.25) is 0 Å². The molecule has 2 rings (SSSR count). The van der Waals surface area contributed by atoms with E-state index in [1.165, 1.54) is 0 Å². The van der Waals surface area contributed by atoms with Crippen molar-refractivity contribution in [1.82, 2.24) is 5.43 Å². The summed E-state index contributed by atoms with van der Waals surface area (Å²) >= 11 is 6.61. The van der Waals surface area contributed by atoms with Crippen molar-refractivity contribution in [3.63, 3.8) is 0 Å². The number of rotatable bonds is 6. The van der Waals surface area contributed by atoms with E-state index in [0.29, 0.717) is 17.9 Å². The molecule has 0 atom stereocenters. The number of amides is 1. The van der Waals surface area contributed by atoms with Crippen LogP contribution in [0.1, 0.15) is 22.8 Å². The lowest BCUT2D eigenvalue weighted by Crippen LogP contribution is -2.17. The fourth-order valence-corrected chi connectivity index (χ4v) is 4.65. The second-order valence-electron chi connectivity index (χ2n) is 4.80. The Hall–Kier alpha value is -0.630. The number of hydrogen-bond donors (Lipinski definition) is 1. The molecule has 0 fully saturated rings. The quantitative estimate of drug-likeness (QED) is 0.275. The molecule has 1 N–H and O–H groups in total. The zero-order chi connectivity index (χ0) is 18.4. The summed E-state index contributed by atoms with van der Waals surface area (Å²) in [6.45, 7) is 2.58. The maximum atomic E-state index is 12.2. The Balaban J connectivity index is 2.09. The highest BCUT2D eigenvalue weighted by Crippen LogP contribution is 2.28. The van der Waals surface area contributed by atoms with Crippen molar-refractivity contribution < 1.29 is 14.3 Å². The molecule has 0 saturated heterocycles. The first-order valence-corrected chi connectivity index (χ1v) is 10.5. The van der Waals surface area contributed by atoms with Gasteiger partial charge in [0.2, 0.25) is 0 Å². The third-order valence-electron chi connectivity index (χ3n) is 3.10. The second-order valence-corrected chi connectivity index (χ2v) is 8.28. The van der Waals surface area contributed by atoms with Gasteiger partial charge in [-0.2, -0.15) is 5.10 Å². The topological polar surface area (TPSA) is 59.9 Å². The third kappa shape index (κ3) is 5.67. The lowest BCUT2D eigenvalue weighted by Gasteiger charge is -2.09. The van der Waals surface area contributed by atoms with Gasteiger partial charge in [-0.05, 0) is 111 Å².